The van der Waals surface area contributed by atoms with Gasteiger partial charge >= 0.3 is 0 Å². The van der Waals surface area contributed by atoms with E-state index in [-0.39, 0.29) is 0 Å². The fourth-order valence-corrected chi connectivity index (χ4v) is 10.9. The molecule has 0 amide bonds. The maximum absolute atomic E-state index is 6.32. The van der Waals surface area contributed by atoms with Crippen molar-refractivity contribution in [3.8, 4) is 33.4 Å². The van der Waals surface area contributed by atoms with Crippen molar-refractivity contribution in [2.45, 2.75) is 0 Å². The second-order valence-corrected chi connectivity index (χ2v) is 16.6. The molecule has 2 heterocycles. The van der Waals surface area contributed by atoms with E-state index in [1.807, 2.05) is 17.4 Å². The van der Waals surface area contributed by atoms with Crippen molar-refractivity contribution in [3.05, 3.63) is 194 Å². The van der Waals surface area contributed by atoms with Gasteiger partial charge in [0.25, 0.3) is 0 Å². The van der Waals surface area contributed by atoms with E-state index in [0.717, 1.165) is 11.2 Å². The minimum absolute atomic E-state index is 0.937. The lowest BCUT2D eigenvalue weighted by Crippen LogP contribution is -1.92. The third kappa shape index (κ3) is 4.64. The number of rotatable bonds is 3. The van der Waals surface area contributed by atoms with E-state index < -0.39 is 0 Å². The first kappa shape index (κ1) is 31.9. The van der Waals surface area contributed by atoms with Crippen LogP contribution in [0.15, 0.2) is 199 Å². The van der Waals surface area contributed by atoms with Gasteiger partial charge in [-0.2, -0.15) is 0 Å². The van der Waals surface area contributed by atoms with Crippen LogP contribution in [0.25, 0.3) is 129 Å². The molecule has 0 fully saturated rings. The number of para-hydroxylation sites is 1. The average Bonchev–Trinajstić information content (AvgIpc) is 3.82. The zero-order chi connectivity index (χ0) is 37.9. The molecule has 11 aromatic carbocycles. The van der Waals surface area contributed by atoms with Gasteiger partial charge in [-0.1, -0.05) is 152 Å². The molecule has 13 rings (SSSR count). The summed E-state index contributed by atoms with van der Waals surface area (Å²) < 4.78 is 8.91. The minimum Gasteiger partial charge on any atom is -0.456 e. The van der Waals surface area contributed by atoms with Crippen LogP contribution in [0, 0.1) is 0 Å². The Morgan fingerprint density at radius 3 is 1.59 bits per heavy atom. The first-order valence-electron chi connectivity index (χ1n) is 19.9. The molecule has 1 nitrogen and oxygen atoms in total. The van der Waals surface area contributed by atoms with E-state index in [0.29, 0.717) is 0 Å². The summed E-state index contributed by atoms with van der Waals surface area (Å²) >= 11 is 1.86. The van der Waals surface area contributed by atoms with Gasteiger partial charge in [-0.05, 0) is 130 Å². The molecule has 13 aromatic rings. The normalized spacial score (nSPS) is 12.1. The topological polar surface area (TPSA) is 13.1 Å². The van der Waals surface area contributed by atoms with Crippen molar-refractivity contribution >= 4 is 107 Å². The molecule has 2 heteroatoms. The van der Waals surface area contributed by atoms with E-state index in [1.165, 1.54) is 118 Å². The van der Waals surface area contributed by atoms with Gasteiger partial charge < -0.3 is 4.42 Å². The summed E-state index contributed by atoms with van der Waals surface area (Å²) in [6.45, 7) is 0. The average molecular weight is 753 g/mol. The maximum Gasteiger partial charge on any atom is 0.136 e. The fourth-order valence-electron chi connectivity index (χ4n) is 9.75. The summed E-state index contributed by atoms with van der Waals surface area (Å²) in [5.74, 6) is 0. The smallest absolute Gasteiger partial charge is 0.136 e. The Morgan fingerprint density at radius 1 is 0.276 bits per heavy atom. The number of hydrogen-bond donors (Lipinski definition) is 0. The summed E-state index contributed by atoms with van der Waals surface area (Å²) in [6.07, 6.45) is 0. The summed E-state index contributed by atoms with van der Waals surface area (Å²) in [6, 6.07) is 71.7. The standard InChI is InChI=1S/C56H32OS/c1-2-12-34-27-37(24-21-33(34)11-1)55-43-16-5-7-18-45(43)56(46-19-8-6-17-44(46)55)47-26-25-39(40-13-3-4-14-41(40)47)36-23-22-35-30-53-49(29-38(35)28-36)50-31-52-48(32-54(50)58-53)42-15-9-10-20-51(42)57-52/h1-32H. The lowest BCUT2D eigenvalue weighted by Gasteiger charge is -2.20. The summed E-state index contributed by atoms with van der Waals surface area (Å²) in [5, 5.41) is 17.4. The molecule has 0 unspecified atom stereocenters. The molecule has 58 heavy (non-hydrogen) atoms. The van der Waals surface area contributed by atoms with Crippen LogP contribution in [0.1, 0.15) is 0 Å². The van der Waals surface area contributed by atoms with Crippen LogP contribution >= 0.6 is 11.3 Å². The van der Waals surface area contributed by atoms with Crippen LogP contribution in [0.4, 0.5) is 0 Å². The zero-order valence-corrected chi connectivity index (χ0v) is 32.1. The number of thiophene rings is 1. The Bertz CT molecular complexity index is 3810. The van der Waals surface area contributed by atoms with Crippen LogP contribution in [-0.4, -0.2) is 0 Å². The monoisotopic (exact) mass is 752 g/mol. The van der Waals surface area contributed by atoms with E-state index >= 15 is 0 Å². The van der Waals surface area contributed by atoms with Gasteiger partial charge in [-0.25, -0.2) is 0 Å². The highest BCUT2D eigenvalue weighted by Gasteiger charge is 2.20. The molecule has 268 valence electrons. The van der Waals surface area contributed by atoms with Gasteiger partial charge in [-0.15, -0.1) is 11.3 Å². The highest BCUT2D eigenvalue weighted by Crippen LogP contribution is 2.47. The summed E-state index contributed by atoms with van der Waals surface area (Å²) in [7, 11) is 0. The van der Waals surface area contributed by atoms with Crippen LogP contribution in [0.2, 0.25) is 0 Å². The number of hydrogen-bond acceptors (Lipinski definition) is 2. The first-order valence-corrected chi connectivity index (χ1v) is 20.7. The Hall–Kier alpha value is -7.26. The molecule has 2 aromatic heterocycles. The molecule has 0 radical (unpaired) electrons. The Balaban J connectivity index is 0.998. The van der Waals surface area contributed by atoms with Crippen LogP contribution in [0.3, 0.4) is 0 Å². The SMILES string of the molecule is c1ccc2cc(-c3c4ccccc4c(-c4ccc(-c5ccc6cc7sc8cc9c(cc8c7cc6c5)oc5ccccc59)c5ccccc45)c4ccccc34)ccc2c1. The lowest BCUT2D eigenvalue weighted by atomic mass is 9.83. The fraction of sp³-hybridized carbons (Fsp3) is 0. The minimum atomic E-state index is 0.937. The van der Waals surface area contributed by atoms with Gasteiger partial charge in [0.05, 0.1) is 0 Å². The molecule has 0 aliphatic heterocycles. The molecule has 0 bridgehead atoms. The predicted molar refractivity (Wildman–Crippen MR) is 250 cm³/mol. The van der Waals surface area contributed by atoms with Gasteiger partial charge in [0.2, 0.25) is 0 Å². The molecular formula is C56H32OS. The molecule has 0 saturated heterocycles. The molecule has 0 aliphatic carbocycles. The molecule has 0 spiro atoms. The molecule has 0 N–H and O–H groups in total. The predicted octanol–water partition coefficient (Wildman–Crippen LogP) is 16.7. The van der Waals surface area contributed by atoms with E-state index in [9.17, 15) is 0 Å². The summed E-state index contributed by atoms with van der Waals surface area (Å²) in [5.41, 5.74) is 9.39. The molecule has 0 saturated carbocycles. The second kappa shape index (κ2) is 12.1. The largest absolute Gasteiger partial charge is 0.456 e. The summed E-state index contributed by atoms with van der Waals surface area (Å²) in [4.78, 5) is 0. The van der Waals surface area contributed by atoms with Gasteiger partial charge in [-0.3, -0.25) is 0 Å². The molecule has 0 atom stereocenters. The molecule has 0 aliphatic rings. The first-order chi connectivity index (χ1) is 28.7. The van der Waals surface area contributed by atoms with Crippen molar-refractivity contribution in [2.75, 3.05) is 0 Å². The van der Waals surface area contributed by atoms with Gasteiger partial charge in [0.15, 0.2) is 0 Å². The number of benzene rings is 11. The van der Waals surface area contributed by atoms with Crippen molar-refractivity contribution in [3.63, 3.8) is 0 Å². The van der Waals surface area contributed by atoms with Gasteiger partial charge in [0, 0.05) is 30.9 Å². The number of fused-ring (bicyclic) bond motifs is 11. The maximum atomic E-state index is 6.32. The van der Waals surface area contributed by atoms with E-state index in [1.54, 1.807) is 0 Å². The van der Waals surface area contributed by atoms with Crippen LogP contribution in [-0.2, 0) is 0 Å². The highest BCUT2D eigenvalue weighted by atomic mass is 32.1. The van der Waals surface area contributed by atoms with Crippen molar-refractivity contribution in [1.29, 1.82) is 0 Å². The Kier molecular flexibility index (Phi) is 6.66. The third-order valence-corrected chi connectivity index (χ3v) is 13.5. The van der Waals surface area contributed by atoms with E-state index in [4.69, 9.17) is 4.42 Å². The Labute approximate surface area is 337 Å². The van der Waals surface area contributed by atoms with Gasteiger partial charge in [0.1, 0.15) is 11.2 Å². The third-order valence-electron chi connectivity index (χ3n) is 12.4. The number of furan rings is 1. The van der Waals surface area contributed by atoms with Crippen molar-refractivity contribution in [1.82, 2.24) is 0 Å². The van der Waals surface area contributed by atoms with Crippen molar-refractivity contribution < 1.29 is 4.42 Å². The zero-order valence-electron chi connectivity index (χ0n) is 31.3. The highest BCUT2D eigenvalue weighted by molar-refractivity contribution is 7.26. The van der Waals surface area contributed by atoms with Crippen LogP contribution < -0.4 is 0 Å². The van der Waals surface area contributed by atoms with E-state index in [2.05, 4.69) is 188 Å². The second-order valence-electron chi connectivity index (χ2n) is 15.6. The molecular weight excluding hydrogens is 721 g/mol. The Morgan fingerprint density at radius 2 is 0.810 bits per heavy atom. The quantitative estimate of drug-likeness (QED) is 0.164. The van der Waals surface area contributed by atoms with Crippen molar-refractivity contribution in [2.24, 2.45) is 0 Å². The lowest BCUT2D eigenvalue weighted by molar-refractivity contribution is 0.669. The van der Waals surface area contributed by atoms with Crippen LogP contribution in [0.5, 0.6) is 0 Å².